The van der Waals surface area contributed by atoms with Gasteiger partial charge >= 0.3 is 0 Å². The fourth-order valence-corrected chi connectivity index (χ4v) is 1.76. The number of nitrogens with one attached hydrogen (secondary N) is 1. The Kier molecular flexibility index (Phi) is 7.02. The lowest BCUT2D eigenvalue weighted by Gasteiger charge is -2.13. The van der Waals surface area contributed by atoms with Crippen LogP contribution in [-0.4, -0.2) is 44.6 Å². The van der Waals surface area contributed by atoms with Crippen LogP contribution in [0.25, 0.3) is 0 Å². The molecule has 0 aliphatic carbocycles. The summed E-state index contributed by atoms with van der Waals surface area (Å²) in [5.41, 5.74) is 7.00. The lowest BCUT2D eigenvalue weighted by Crippen LogP contribution is -2.27. The highest BCUT2D eigenvalue weighted by molar-refractivity contribution is 5.95. The van der Waals surface area contributed by atoms with E-state index in [1.807, 2.05) is 14.1 Å². The Bertz CT molecular complexity index is 459. The van der Waals surface area contributed by atoms with Crippen molar-refractivity contribution in [3.63, 3.8) is 0 Å². The lowest BCUT2D eigenvalue weighted by molar-refractivity contribution is 0.0952. The zero-order valence-electron chi connectivity index (χ0n) is 13.5. The number of rotatable bonds is 8. The van der Waals surface area contributed by atoms with Crippen molar-refractivity contribution in [2.75, 3.05) is 39.5 Å². The molecular weight excluding hydrogens is 266 g/mol. The molecule has 1 aromatic carbocycles. The number of hydrogen-bond donors (Lipinski definition) is 2. The van der Waals surface area contributed by atoms with Gasteiger partial charge in [-0.15, -0.1) is 0 Å². The van der Waals surface area contributed by atoms with Crippen LogP contribution in [0.15, 0.2) is 18.2 Å². The standard InChI is InChI=1S/C16H27N3O2/c1-12(2)11-21-15-10-13(6-7-14(15)17)16(20)18-8-5-9-19(3)4/h6-7,10,12H,5,8-9,11,17H2,1-4H3,(H,18,20). The molecule has 0 saturated carbocycles. The third-order valence-corrected chi connectivity index (χ3v) is 2.92. The number of amides is 1. The second-order valence-electron chi connectivity index (χ2n) is 5.87. The molecule has 0 spiro atoms. The van der Waals surface area contributed by atoms with Crippen LogP contribution in [0.4, 0.5) is 5.69 Å². The van der Waals surface area contributed by atoms with Crippen LogP contribution in [0, 0.1) is 5.92 Å². The molecule has 5 nitrogen and oxygen atoms in total. The van der Waals surface area contributed by atoms with Gasteiger partial charge in [-0.2, -0.15) is 0 Å². The van der Waals surface area contributed by atoms with Gasteiger partial charge in [0.25, 0.3) is 5.91 Å². The molecule has 1 rings (SSSR count). The molecule has 0 aliphatic rings. The van der Waals surface area contributed by atoms with Gasteiger partial charge in [0.05, 0.1) is 12.3 Å². The summed E-state index contributed by atoms with van der Waals surface area (Å²) in [5, 5.41) is 2.90. The molecule has 0 heterocycles. The van der Waals surface area contributed by atoms with Gasteiger partial charge < -0.3 is 20.7 Å². The van der Waals surface area contributed by atoms with Gasteiger partial charge in [-0.25, -0.2) is 0 Å². The highest BCUT2D eigenvalue weighted by Gasteiger charge is 2.09. The van der Waals surface area contributed by atoms with Gasteiger partial charge in [0.15, 0.2) is 0 Å². The Morgan fingerprint density at radius 1 is 1.38 bits per heavy atom. The van der Waals surface area contributed by atoms with Crippen LogP contribution in [0.5, 0.6) is 5.75 Å². The third-order valence-electron chi connectivity index (χ3n) is 2.92. The van der Waals surface area contributed by atoms with Crippen LogP contribution in [-0.2, 0) is 0 Å². The maximum absolute atomic E-state index is 12.1. The highest BCUT2D eigenvalue weighted by Crippen LogP contribution is 2.23. The van der Waals surface area contributed by atoms with Crippen LogP contribution in [0.2, 0.25) is 0 Å². The number of carbonyl (C=O) groups is 1. The van der Waals surface area contributed by atoms with Crippen molar-refractivity contribution in [1.29, 1.82) is 0 Å². The Morgan fingerprint density at radius 3 is 2.71 bits per heavy atom. The maximum Gasteiger partial charge on any atom is 0.251 e. The largest absolute Gasteiger partial charge is 0.491 e. The molecule has 1 amide bonds. The summed E-state index contributed by atoms with van der Waals surface area (Å²) in [6.45, 7) is 6.32. The molecule has 118 valence electrons. The summed E-state index contributed by atoms with van der Waals surface area (Å²) in [6.07, 6.45) is 0.921. The van der Waals surface area contributed by atoms with Gasteiger partial charge in [0.1, 0.15) is 5.75 Å². The van der Waals surface area contributed by atoms with Gasteiger partial charge in [-0.1, -0.05) is 13.8 Å². The van der Waals surface area contributed by atoms with E-state index in [2.05, 4.69) is 24.1 Å². The summed E-state index contributed by atoms with van der Waals surface area (Å²) in [4.78, 5) is 14.2. The smallest absolute Gasteiger partial charge is 0.251 e. The van der Waals surface area contributed by atoms with Gasteiger partial charge in [0, 0.05) is 12.1 Å². The van der Waals surface area contributed by atoms with Crippen molar-refractivity contribution in [2.24, 2.45) is 5.92 Å². The molecule has 0 fully saturated rings. The van der Waals surface area contributed by atoms with E-state index in [-0.39, 0.29) is 5.91 Å². The lowest BCUT2D eigenvalue weighted by atomic mass is 10.1. The predicted octanol–water partition coefficient (Wildman–Crippen LogP) is 1.99. The van der Waals surface area contributed by atoms with Crippen molar-refractivity contribution in [3.8, 4) is 5.75 Å². The third kappa shape index (κ3) is 6.49. The maximum atomic E-state index is 12.1. The van der Waals surface area contributed by atoms with Crippen LogP contribution in [0.3, 0.4) is 0 Å². The first-order valence-electron chi connectivity index (χ1n) is 7.35. The fraction of sp³-hybridized carbons (Fsp3) is 0.562. The monoisotopic (exact) mass is 293 g/mol. The van der Waals surface area contributed by atoms with E-state index in [0.29, 0.717) is 36.1 Å². The Balaban J connectivity index is 2.57. The van der Waals surface area contributed by atoms with Crippen molar-refractivity contribution in [3.05, 3.63) is 23.8 Å². The summed E-state index contributed by atoms with van der Waals surface area (Å²) in [5.74, 6) is 0.890. The first kappa shape index (κ1) is 17.3. The molecule has 3 N–H and O–H groups in total. The minimum atomic E-state index is -0.0943. The zero-order chi connectivity index (χ0) is 15.8. The minimum absolute atomic E-state index is 0.0943. The summed E-state index contributed by atoms with van der Waals surface area (Å²) in [6, 6.07) is 5.14. The molecule has 0 aromatic heterocycles. The van der Waals surface area contributed by atoms with E-state index in [9.17, 15) is 4.79 Å². The number of nitrogens with two attached hydrogens (primary N) is 1. The van der Waals surface area contributed by atoms with E-state index in [1.54, 1.807) is 18.2 Å². The van der Waals surface area contributed by atoms with E-state index < -0.39 is 0 Å². The zero-order valence-corrected chi connectivity index (χ0v) is 13.5. The number of ether oxygens (including phenoxy) is 1. The molecule has 0 unspecified atom stereocenters. The first-order valence-corrected chi connectivity index (χ1v) is 7.35. The SMILES string of the molecule is CC(C)COc1cc(C(=O)NCCCN(C)C)ccc1N. The second kappa shape index (κ2) is 8.52. The van der Waals surface area contributed by atoms with Crippen molar-refractivity contribution < 1.29 is 9.53 Å². The molecule has 1 aromatic rings. The fourth-order valence-electron chi connectivity index (χ4n) is 1.76. The summed E-state index contributed by atoms with van der Waals surface area (Å²) in [7, 11) is 4.03. The average Bonchev–Trinajstić information content (AvgIpc) is 2.42. The Hall–Kier alpha value is -1.75. The number of nitrogens with zero attached hydrogens (tertiary/aromatic N) is 1. The number of nitrogen functional groups attached to an aromatic ring is 1. The van der Waals surface area contributed by atoms with E-state index in [1.165, 1.54) is 0 Å². The Labute approximate surface area is 127 Å². The van der Waals surface area contributed by atoms with Crippen LogP contribution >= 0.6 is 0 Å². The number of benzene rings is 1. The molecule has 0 radical (unpaired) electrons. The predicted molar refractivity (Wildman–Crippen MR) is 86.7 cm³/mol. The quantitative estimate of drug-likeness (QED) is 0.568. The second-order valence-corrected chi connectivity index (χ2v) is 5.87. The van der Waals surface area contributed by atoms with Gasteiger partial charge in [0.2, 0.25) is 0 Å². The molecule has 21 heavy (non-hydrogen) atoms. The number of hydrogen-bond acceptors (Lipinski definition) is 4. The van der Waals surface area contributed by atoms with Gasteiger partial charge in [-0.3, -0.25) is 4.79 Å². The Morgan fingerprint density at radius 2 is 2.10 bits per heavy atom. The van der Waals surface area contributed by atoms with Crippen LogP contribution < -0.4 is 15.8 Å². The van der Waals surface area contributed by atoms with Gasteiger partial charge in [-0.05, 0) is 51.2 Å². The molecule has 0 bridgehead atoms. The van der Waals surface area contributed by atoms with E-state index >= 15 is 0 Å². The molecule has 0 atom stereocenters. The average molecular weight is 293 g/mol. The minimum Gasteiger partial charge on any atom is -0.491 e. The number of carbonyl (C=O) groups excluding carboxylic acids is 1. The molecule has 0 saturated heterocycles. The summed E-state index contributed by atoms with van der Waals surface area (Å²) >= 11 is 0. The molecule has 5 heteroatoms. The molecular formula is C16H27N3O2. The number of anilines is 1. The van der Waals surface area contributed by atoms with Crippen molar-refractivity contribution >= 4 is 11.6 Å². The van der Waals surface area contributed by atoms with E-state index in [0.717, 1.165) is 13.0 Å². The molecule has 0 aliphatic heterocycles. The topological polar surface area (TPSA) is 67.6 Å². The van der Waals surface area contributed by atoms with Crippen molar-refractivity contribution in [1.82, 2.24) is 10.2 Å². The van der Waals surface area contributed by atoms with Crippen molar-refractivity contribution in [2.45, 2.75) is 20.3 Å². The van der Waals surface area contributed by atoms with E-state index in [4.69, 9.17) is 10.5 Å². The normalized spacial score (nSPS) is 11.0. The first-order chi connectivity index (χ1) is 9.90. The van der Waals surface area contributed by atoms with Crippen LogP contribution in [0.1, 0.15) is 30.6 Å². The summed E-state index contributed by atoms with van der Waals surface area (Å²) < 4.78 is 5.63. The highest BCUT2D eigenvalue weighted by atomic mass is 16.5.